The van der Waals surface area contributed by atoms with E-state index in [0.717, 1.165) is 77.2 Å². The van der Waals surface area contributed by atoms with E-state index in [2.05, 4.69) is 100 Å². The van der Waals surface area contributed by atoms with Gasteiger partial charge in [-0.1, -0.05) is 84.9 Å². The third-order valence-corrected chi connectivity index (χ3v) is 9.57. The molecule has 0 unspecified atom stereocenters. The lowest BCUT2D eigenvalue weighted by Gasteiger charge is -2.16. The number of nitriles is 3. The number of fused-ring (bicyclic) bond motifs is 6. The molecule has 7 aromatic carbocycles. The molecule has 0 aliphatic heterocycles. The molecule has 2 aromatic heterocycles. The Morgan fingerprint density at radius 3 is 1.86 bits per heavy atom. The first-order chi connectivity index (χ1) is 24.7. The Morgan fingerprint density at radius 1 is 0.400 bits per heavy atom. The Labute approximate surface area is 287 Å². The molecule has 0 amide bonds. The molecule has 5 nitrogen and oxygen atoms in total. The van der Waals surface area contributed by atoms with Gasteiger partial charge in [0.15, 0.2) is 0 Å². The van der Waals surface area contributed by atoms with Crippen molar-refractivity contribution in [3.8, 4) is 51.8 Å². The van der Waals surface area contributed by atoms with Crippen LogP contribution in [0.3, 0.4) is 0 Å². The topological polar surface area (TPSA) is 81.2 Å². The Morgan fingerprint density at radius 2 is 1.06 bits per heavy atom. The highest BCUT2D eigenvalue weighted by Crippen LogP contribution is 2.39. The predicted molar refractivity (Wildman–Crippen MR) is 200 cm³/mol. The van der Waals surface area contributed by atoms with E-state index in [-0.39, 0.29) is 0 Å². The predicted octanol–water partition coefficient (Wildman–Crippen LogP) is 10.8. The summed E-state index contributed by atoms with van der Waals surface area (Å²) < 4.78 is 4.38. The van der Waals surface area contributed by atoms with Gasteiger partial charge >= 0.3 is 0 Å². The lowest BCUT2D eigenvalue weighted by molar-refractivity contribution is 1.17. The van der Waals surface area contributed by atoms with E-state index in [4.69, 9.17) is 0 Å². The van der Waals surface area contributed by atoms with Crippen molar-refractivity contribution in [1.82, 2.24) is 9.13 Å². The van der Waals surface area contributed by atoms with Crippen LogP contribution in [0.25, 0.3) is 77.2 Å². The first kappa shape index (κ1) is 28.8. The molecule has 9 rings (SSSR count). The second-order valence-corrected chi connectivity index (χ2v) is 12.3. The number of benzene rings is 7. The minimum absolute atomic E-state index is 0.553. The van der Waals surface area contributed by atoms with Crippen LogP contribution in [0, 0.1) is 34.0 Å². The minimum Gasteiger partial charge on any atom is -0.309 e. The number of rotatable bonds is 4. The molecule has 9 aromatic rings. The second-order valence-electron chi connectivity index (χ2n) is 12.3. The Balaban J connectivity index is 1.24. The number of para-hydroxylation sites is 4. The molecule has 50 heavy (non-hydrogen) atoms. The van der Waals surface area contributed by atoms with Gasteiger partial charge in [-0.2, -0.15) is 15.8 Å². The van der Waals surface area contributed by atoms with Crippen molar-refractivity contribution in [3.05, 3.63) is 168 Å². The second kappa shape index (κ2) is 11.4. The summed E-state index contributed by atoms with van der Waals surface area (Å²) in [6.07, 6.45) is 0. The van der Waals surface area contributed by atoms with Crippen LogP contribution in [-0.4, -0.2) is 9.13 Å². The first-order valence-electron chi connectivity index (χ1n) is 16.3. The van der Waals surface area contributed by atoms with Gasteiger partial charge < -0.3 is 9.13 Å². The maximum Gasteiger partial charge on any atom is 0.101 e. The molecule has 0 radical (unpaired) electrons. The van der Waals surface area contributed by atoms with Crippen molar-refractivity contribution in [2.24, 2.45) is 0 Å². The molecule has 0 atom stereocenters. The normalized spacial score (nSPS) is 11.1. The molecule has 0 saturated carbocycles. The maximum absolute atomic E-state index is 10.2. The van der Waals surface area contributed by atoms with Crippen LogP contribution in [0.15, 0.2) is 152 Å². The molecule has 0 bridgehead atoms. The molecule has 0 spiro atoms. The van der Waals surface area contributed by atoms with Gasteiger partial charge in [0.25, 0.3) is 0 Å². The van der Waals surface area contributed by atoms with Crippen molar-refractivity contribution < 1.29 is 0 Å². The smallest absolute Gasteiger partial charge is 0.101 e. The van der Waals surface area contributed by atoms with Crippen LogP contribution in [-0.2, 0) is 0 Å². The quantitative estimate of drug-likeness (QED) is 0.193. The van der Waals surface area contributed by atoms with E-state index in [1.54, 1.807) is 0 Å². The lowest BCUT2D eigenvalue weighted by Crippen LogP contribution is -1.99. The van der Waals surface area contributed by atoms with E-state index in [9.17, 15) is 15.8 Å². The Hall–Kier alpha value is -7.39. The van der Waals surface area contributed by atoms with E-state index < -0.39 is 0 Å². The molecule has 2 heterocycles. The lowest BCUT2D eigenvalue weighted by atomic mass is 9.96. The third-order valence-electron chi connectivity index (χ3n) is 9.57. The number of hydrogen-bond donors (Lipinski definition) is 0. The van der Waals surface area contributed by atoms with Crippen molar-refractivity contribution in [2.45, 2.75) is 0 Å². The summed E-state index contributed by atoms with van der Waals surface area (Å²) in [4.78, 5) is 0. The van der Waals surface area contributed by atoms with E-state index >= 15 is 0 Å². The molecule has 230 valence electrons. The SMILES string of the molecule is N#Cc1cc(-c2cccc(-c3ccccc3-n3c4ccccc4c4cccc(C#N)c43)c2)cc(-n2c3ccccc3c3cc(C#N)ccc32)c1. The van der Waals surface area contributed by atoms with Crippen LogP contribution in [0.2, 0.25) is 0 Å². The number of aromatic nitrogens is 2. The van der Waals surface area contributed by atoms with Crippen LogP contribution < -0.4 is 0 Å². The average Bonchev–Trinajstić information content (AvgIpc) is 3.70. The summed E-state index contributed by atoms with van der Waals surface area (Å²) >= 11 is 0. The highest BCUT2D eigenvalue weighted by molar-refractivity contribution is 6.12. The monoisotopic (exact) mass is 635 g/mol. The molecule has 0 saturated heterocycles. The van der Waals surface area contributed by atoms with Crippen molar-refractivity contribution in [2.75, 3.05) is 0 Å². The summed E-state index contributed by atoms with van der Waals surface area (Å²) in [6.45, 7) is 0. The molecule has 5 heteroatoms. The molecule has 0 N–H and O–H groups in total. The largest absolute Gasteiger partial charge is 0.309 e. The fourth-order valence-electron chi connectivity index (χ4n) is 7.43. The molecule has 0 aliphatic carbocycles. The van der Waals surface area contributed by atoms with Gasteiger partial charge in [0.05, 0.1) is 56.6 Å². The van der Waals surface area contributed by atoms with Crippen LogP contribution >= 0.6 is 0 Å². The zero-order valence-electron chi connectivity index (χ0n) is 26.7. The molecule has 0 fully saturated rings. The van der Waals surface area contributed by atoms with Gasteiger partial charge in [-0.05, 0) is 83.4 Å². The van der Waals surface area contributed by atoms with Gasteiger partial charge in [-0.3, -0.25) is 0 Å². The van der Waals surface area contributed by atoms with Gasteiger partial charge in [-0.15, -0.1) is 0 Å². The van der Waals surface area contributed by atoms with Crippen molar-refractivity contribution >= 4 is 43.6 Å². The zero-order valence-corrected chi connectivity index (χ0v) is 26.7. The minimum atomic E-state index is 0.553. The number of hydrogen-bond acceptors (Lipinski definition) is 3. The van der Waals surface area contributed by atoms with Gasteiger partial charge in [-0.25, -0.2) is 0 Å². The van der Waals surface area contributed by atoms with Crippen LogP contribution in [0.1, 0.15) is 16.7 Å². The zero-order chi connectivity index (χ0) is 33.8. The fourth-order valence-corrected chi connectivity index (χ4v) is 7.43. The maximum atomic E-state index is 10.2. The van der Waals surface area contributed by atoms with Gasteiger partial charge in [0, 0.05) is 32.8 Å². The van der Waals surface area contributed by atoms with Crippen LogP contribution in [0.5, 0.6) is 0 Å². The summed E-state index contributed by atoms with van der Waals surface area (Å²) in [7, 11) is 0. The summed E-state index contributed by atoms with van der Waals surface area (Å²) in [5, 5.41) is 34.1. The summed E-state index contributed by atoms with van der Waals surface area (Å²) in [6, 6.07) is 57.9. The average molecular weight is 636 g/mol. The standard InChI is InChI=1S/C45H25N5/c46-26-29-19-20-44-40(23-29)38-14-3-5-17-42(38)49(44)35-22-30(27-47)21-34(25-35)31-9-7-10-32(24-31)36-12-1-4-16-41(36)50-43-18-6-2-13-37(43)39-15-8-11-33(28-48)45(39)50/h1-25H. The highest BCUT2D eigenvalue weighted by Gasteiger charge is 2.19. The highest BCUT2D eigenvalue weighted by atomic mass is 15.0. The first-order valence-corrected chi connectivity index (χ1v) is 16.3. The van der Waals surface area contributed by atoms with Crippen molar-refractivity contribution in [3.63, 3.8) is 0 Å². The van der Waals surface area contributed by atoms with Gasteiger partial charge in [0.1, 0.15) is 6.07 Å². The van der Waals surface area contributed by atoms with Crippen LogP contribution in [0.4, 0.5) is 0 Å². The van der Waals surface area contributed by atoms with E-state index in [1.165, 1.54) is 0 Å². The molecular formula is C45H25N5. The number of nitrogens with zero attached hydrogens (tertiary/aromatic N) is 5. The summed E-state index contributed by atoms with van der Waals surface area (Å²) in [5.41, 5.74) is 11.5. The summed E-state index contributed by atoms with van der Waals surface area (Å²) in [5.74, 6) is 0. The Bertz CT molecular complexity index is 2970. The van der Waals surface area contributed by atoms with E-state index in [0.29, 0.717) is 16.7 Å². The van der Waals surface area contributed by atoms with Gasteiger partial charge in [0.2, 0.25) is 0 Å². The van der Waals surface area contributed by atoms with Crippen molar-refractivity contribution in [1.29, 1.82) is 15.8 Å². The fraction of sp³-hybridized carbons (Fsp3) is 0. The van der Waals surface area contributed by atoms with E-state index in [1.807, 2.05) is 78.9 Å². The Kier molecular flexibility index (Phi) is 6.56. The molecular weight excluding hydrogens is 611 g/mol. The molecule has 0 aliphatic rings. The third kappa shape index (κ3) is 4.38.